The molecule has 0 aliphatic heterocycles. The van der Waals surface area contributed by atoms with Gasteiger partial charge >= 0.3 is 0 Å². The molecule has 2 nitrogen and oxygen atoms in total. The second-order valence-corrected chi connectivity index (χ2v) is 5.24. The van der Waals surface area contributed by atoms with Gasteiger partial charge in [-0.3, -0.25) is 0 Å². The predicted molar refractivity (Wildman–Crippen MR) is 67.5 cm³/mol. The lowest BCUT2D eigenvalue weighted by molar-refractivity contribution is 0.0380. The van der Waals surface area contributed by atoms with Crippen molar-refractivity contribution in [1.82, 2.24) is 0 Å². The van der Waals surface area contributed by atoms with Gasteiger partial charge in [0.05, 0.1) is 11.3 Å². The van der Waals surface area contributed by atoms with Gasteiger partial charge in [-0.05, 0) is 12.8 Å². The molecular weight excluding hydrogens is 255 g/mol. The summed E-state index contributed by atoms with van der Waals surface area (Å²) in [6.07, 6.45) is 5.32. The van der Waals surface area contributed by atoms with Gasteiger partial charge in [0.25, 0.3) is 0 Å². The fraction of sp³-hybridized carbons (Fsp3) is 0.571. The number of halogens is 3. The third-order valence-corrected chi connectivity index (χ3v) is 3.65. The zero-order valence-electron chi connectivity index (χ0n) is 10.7. The molecule has 106 valence electrons. The number of hydrogen-bond acceptors (Lipinski definition) is 2. The van der Waals surface area contributed by atoms with Crippen LogP contribution in [0.5, 0.6) is 0 Å². The Morgan fingerprint density at radius 1 is 0.947 bits per heavy atom. The standard InChI is InChI=1S/C14H18F3NO/c15-10-7-12(17)13(8-11(10)16)18-9-14(19)5-3-1-2-4-6-14/h7-8,18-19H,1-6,9H2. The molecule has 1 aliphatic carbocycles. The van der Waals surface area contributed by atoms with Crippen LogP contribution in [0.3, 0.4) is 0 Å². The Kier molecular flexibility index (Phi) is 4.34. The smallest absolute Gasteiger partial charge is 0.161 e. The van der Waals surface area contributed by atoms with Crippen molar-refractivity contribution in [1.29, 1.82) is 0 Å². The normalized spacial score (nSPS) is 18.9. The quantitative estimate of drug-likeness (QED) is 0.651. The molecule has 0 spiro atoms. The van der Waals surface area contributed by atoms with Gasteiger partial charge in [-0.2, -0.15) is 0 Å². The molecule has 0 atom stereocenters. The zero-order chi connectivity index (χ0) is 13.9. The first kappa shape index (κ1) is 14.2. The van der Waals surface area contributed by atoms with E-state index in [0.29, 0.717) is 18.9 Å². The van der Waals surface area contributed by atoms with Gasteiger partial charge in [0.1, 0.15) is 5.82 Å². The van der Waals surface area contributed by atoms with E-state index < -0.39 is 23.1 Å². The molecular formula is C14H18F3NO. The van der Waals surface area contributed by atoms with Gasteiger partial charge in [-0.25, -0.2) is 13.2 Å². The first-order valence-corrected chi connectivity index (χ1v) is 6.61. The van der Waals surface area contributed by atoms with Gasteiger partial charge in [-0.15, -0.1) is 0 Å². The topological polar surface area (TPSA) is 32.3 Å². The van der Waals surface area contributed by atoms with Crippen molar-refractivity contribution in [2.45, 2.75) is 44.1 Å². The van der Waals surface area contributed by atoms with Gasteiger partial charge in [-0.1, -0.05) is 25.7 Å². The number of benzene rings is 1. The largest absolute Gasteiger partial charge is 0.388 e. The third-order valence-electron chi connectivity index (χ3n) is 3.65. The van der Waals surface area contributed by atoms with Gasteiger partial charge in [0.15, 0.2) is 11.6 Å². The number of rotatable bonds is 3. The molecule has 5 heteroatoms. The van der Waals surface area contributed by atoms with Crippen LogP contribution in [0.15, 0.2) is 12.1 Å². The van der Waals surface area contributed by atoms with E-state index in [2.05, 4.69) is 5.32 Å². The molecule has 0 aromatic heterocycles. The SMILES string of the molecule is OC1(CNc2cc(F)c(F)cc2F)CCCCCC1. The predicted octanol–water partition coefficient (Wildman–Crippen LogP) is 3.60. The lowest BCUT2D eigenvalue weighted by Crippen LogP contribution is -2.36. The molecule has 0 amide bonds. The number of nitrogens with one attached hydrogen (secondary N) is 1. The van der Waals surface area contributed by atoms with Crippen LogP contribution >= 0.6 is 0 Å². The van der Waals surface area contributed by atoms with Crippen molar-refractivity contribution in [3.8, 4) is 0 Å². The zero-order valence-corrected chi connectivity index (χ0v) is 10.7. The molecule has 1 aromatic rings. The van der Waals surface area contributed by atoms with E-state index in [1.165, 1.54) is 0 Å². The third kappa shape index (κ3) is 3.62. The van der Waals surface area contributed by atoms with Crippen LogP contribution in [0.2, 0.25) is 0 Å². The molecule has 2 N–H and O–H groups in total. The van der Waals surface area contributed by atoms with E-state index in [1.807, 2.05) is 0 Å². The van der Waals surface area contributed by atoms with Gasteiger partial charge in [0.2, 0.25) is 0 Å². The molecule has 1 aliphatic rings. The summed E-state index contributed by atoms with van der Waals surface area (Å²) in [4.78, 5) is 0. The van der Waals surface area contributed by atoms with Crippen LogP contribution in [0.4, 0.5) is 18.9 Å². The molecule has 1 aromatic carbocycles. The highest BCUT2D eigenvalue weighted by atomic mass is 19.2. The summed E-state index contributed by atoms with van der Waals surface area (Å²) in [5, 5.41) is 13.1. The van der Waals surface area contributed by atoms with Crippen LogP contribution in [0.1, 0.15) is 38.5 Å². The maximum absolute atomic E-state index is 13.4. The molecule has 2 rings (SSSR count). The van der Waals surface area contributed by atoms with Crippen LogP contribution in [-0.4, -0.2) is 17.3 Å². The minimum absolute atomic E-state index is 0.114. The van der Waals surface area contributed by atoms with Crippen LogP contribution in [0, 0.1) is 17.5 Å². The summed E-state index contributed by atoms with van der Waals surface area (Å²) in [6.45, 7) is 0.148. The van der Waals surface area contributed by atoms with Gasteiger partial charge in [0, 0.05) is 18.7 Å². The van der Waals surface area contributed by atoms with Crippen molar-refractivity contribution < 1.29 is 18.3 Å². The summed E-state index contributed by atoms with van der Waals surface area (Å²) < 4.78 is 39.3. The highest BCUT2D eigenvalue weighted by Crippen LogP contribution is 2.28. The summed E-state index contributed by atoms with van der Waals surface area (Å²) in [6, 6.07) is 1.29. The summed E-state index contributed by atoms with van der Waals surface area (Å²) in [5.41, 5.74) is -1.01. The molecule has 0 saturated heterocycles. The Hall–Kier alpha value is -1.23. The first-order chi connectivity index (χ1) is 9.00. The monoisotopic (exact) mass is 273 g/mol. The maximum Gasteiger partial charge on any atom is 0.161 e. The van der Waals surface area contributed by atoms with Crippen LogP contribution in [-0.2, 0) is 0 Å². The molecule has 0 bridgehead atoms. The lowest BCUT2D eigenvalue weighted by atomic mass is 9.94. The highest BCUT2D eigenvalue weighted by Gasteiger charge is 2.28. The first-order valence-electron chi connectivity index (χ1n) is 6.61. The van der Waals surface area contributed by atoms with E-state index in [9.17, 15) is 18.3 Å². The number of hydrogen-bond donors (Lipinski definition) is 2. The molecule has 19 heavy (non-hydrogen) atoms. The number of aliphatic hydroxyl groups is 1. The molecule has 1 fully saturated rings. The van der Waals surface area contributed by atoms with E-state index in [1.54, 1.807) is 0 Å². The second-order valence-electron chi connectivity index (χ2n) is 5.24. The minimum Gasteiger partial charge on any atom is -0.388 e. The second kappa shape index (κ2) is 5.82. The van der Waals surface area contributed by atoms with Crippen molar-refractivity contribution in [3.63, 3.8) is 0 Å². The summed E-state index contributed by atoms with van der Waals surface area (Å²) in [5.74, 6) is -3.16. The Labute approximate surface area is 110 Å². The Balaban J connectivity index is 2.03. The molecule has 0 heterocycles. The van der Waals surface area contributed by atoms with E-state index in [-0.39, 0.29) is 12.2 Å². The summed E-state index contributed by atoms with van der Waals surface area (Å²) >= 11 is 0. The average Bonchev–Trinajstić information content (AvgIpc) is 2.58. The summed E-state index contributed by atoms with van der Waals surface area (Å²) in [7, 11) is 0. The average molecular weight is 273 g/mol. The molecule has 0 unspecified atom stereocenters. The molecule has 0 radical (unpaired) electrons. The van der Waals surface area contributed by atoms with E-state index >= 15 is 0 Å². The fourth-order valence-corrected chi connectivity index (χ4v) is 2.48. The Morgan fingerprint density at radius 3 is 2.16 bits per heavy atom. The van der Waals surface area contributed by atoms with Crippen LogP contribution in [0.25, 0.3) is 0 Å². The van der Waals surface area contributed by atoms with Gasteiger partial charge < -0.3 is 10.4 Å². The highest BCUT2D eigenvalue weighted by molar-refractivity contribution is 5.45. The van der Waals surface area contributed by atoms with Crippen molar-refractivity contribution in [3.05, 3.63) is 29.6 Å². The van der Waals surface area contributed by atoms with Crippen molar-refractivity contribution in [2.24, 2.45) is 0 Å². The Morgan fingerprint density at radius 2 is 1.53 bits per heavy atom. The number of anilines is 1. The van der Waals surface area contributed by atoms with E-state index in [4.69, 9.17) is 0 Å². The minimum atomic E-state index is -1.21. The van der Waals surface area contributed by atoms with Crippen LogP contribution < -0.4 is 5.32 Å². The Bertz CT molecular complexity index is 443. The van der Waals surface area contributed by atoms with Crippen molar-refractivity contribution in [2.75, 3.05) is 11.9 Å². The van der Waals surface area contributed by atoms with Crippen molar-refractivity contribution >= 4 is 5.69 Å². The molecule has 1 saturated carbocycles. The maximum atomic E-state index is 13.4. The van der Waals surface area contributed by atoms with E-state index in [0.717, 1.165) is 31.7 Å². The lowest BCUT2D eigenvalue weighted by Gasteiger charge is -2.27. The fourth-order valence-electron chi connectivity index (χ4n) is 2.48.